The molecule has 0 saturated heterocycles. The second-order valence-corrected chi connectivity index (χ2v) is 6.06. The van der Waals surface area contributed by atoms with Gasteiger partial charge in [-0.05, 0) is 24.8 Å². The highest BCUT2D eigenvalue weighted by Gasteiger charge is 2.18. The molecule has 1 N–H and O–H groups in total. The molecular weight excluding hydrogens is 236 g/mol. The van der Waals surface area contributed by atoms with Crippen LogP contribution in [-0.2, 0) is 19.9 Å². The Morgan fingerprint density at radius 2 is 2.00 bits per heavy atom. The van der Waals surface area contributed by atoms with E-state index in [-0.39, 0.29) is 6.10 Å². The molecular formula is C16H28N2O. The van der Waals surface area contributed by atoms with E-state index in [9.17, 15) is 5.11 Å². The summed E-state index contributed by atoms with van der Waals surface area (Å²) >= 11 is 0. The van der Waals surface area contributed by atoms with Crippen molar-refractivity contribution in [3.63, 3.8) is 0 Å². The zero-order valence-corrected chi connectivity index (χ0v) is 12.4. The van der Waals surface area contributed by atoms with Crippen LogP contribution in [0, 0.1) is 5.92 Å². The van der Waals surface area contributed by atoms with Crippen molar-refractivity contribution >= 4 is 0 Å². The Balaban J connectivity index is 1.85. The van der Waals surface area contributed by atoms with Gasteiger partial charge in [-0.25, -0.2) is 0 Å². The Labute approximate surface area is 117 Å². The lowest BCUT2D eigenvalue weighted by Crippen LogP contribution is -2.17. The van der Waals surface area contributed by atoms with Crippen LogP contribution in [0.3, 0.4) is 0 Å². The van der Waals surface area contributed by atoms with Crippen LogP contribution in [0.1, 0.15) is 63.3 Å². The predicted molar refractivity (Wildman–Crippen MR) is 78.1 cm³/mol. The van der Waals surface area contributed by atoms with Crippen LogP contribution < -0.4 is 0 Å². The summed E-state index contributed by atoms with van der Waals surface area (Å²) in [5, 5.41) is 14.8. The Morgan fingerprint density at radius 3 is 2.58 bits per heavy atom. The monoisotopic (exact) mass is 264 g/mol. The fourth-order valence-corrected chi connectivity index (χ4v) is 3.24. The normalized spacial score (nSPS) is 19.3. The molecule has 0 aliphatic heterocycles. The molecule has 1 fully saturated rings. The summed E-state index contributed by atoms with van der Waals surface area (Å²) in [5.41, 5.74) is 2.29. The van der Waals surface area contributed by atoms with Gasteiger partial charge in [0.15, 0.2) is 0 Å². The molecule has 0 spiro atoms. The molecule has 3 nitrogen and oxygen atoms in total. The number of hydrogen-bond acceptors (Lipinski definition) is 2. The van der Waals surface area contributed by atoms with Gasteiger partial charge in [0.2, 0.25) is 0 Å². The predicted octanol–water partition coefficient (Wildman–Crippen LogP) is 3.25. The highest BCUT2D eigenvalue weighted by molar-refractivity contribution is 5.11. The second kappa shape index (κ2) is 7.09. The quantitative estimate of drug-likeness (QED) is 0.829. The van der Waals surface area contributed by atoms with E-state index in [1.807, 2.05) is 11.7 Å². The fourth-order valence-electron chi connectivity index (χ4n) is 3.24. The van der Waals surface area contributed by atoms with Gasteiger partial charge in [0.25, 0.3) is 0 Å². The molecule has 0 bridgehead atoms. The van der Waals surface area contributed by atoms with Gasteiger partial charge in [-0.1, -0.05) is 45.4 Å². The van der Waals surface area contributed by atoms with E-state index in [1.54, 1.807) is 0 Å². The smallest absolute Gasteiger partial charge is 0.0624 e. The van der Waals surface area contributed by atoms with Crippen molar-refractivity contribution in [1.29, 1.82) is 0 Å². The minimum absolute atomic E-state index is 0.205. The molecule has 0 aromatic carbocycles. The van der Waals surface area contributed by atoms with Gasteiger partial charge in [0.05, 0.1) is 11.8 Å². The summed E-state index contributed by atoms with van der Waals surface area (Å²) in [6.45, 7) is 2.12. The van der Waals surface area contributed by atoms with Crippen LogP contribution in [0.4, 0.5) is 0 Å². The minimum Gasteiger partial charge on any atom is -0.393 e. The van der Waals surface area contributed by atoms with E-state index in [2.05, 4.69) is 18.1 Å². The van der Waals surface area contributed by atoms with Crippen molar-refractivity contribution in [1.82, 2.24) is 9.78 Å². The average Bonchev–Trinajstić information content (AvgIpc) is 2.59. The molecule has 108 valence electrons. The van der Waals surface area contributed by atoms with Gasteiger partial charge >= 0.3 is 0 Å². The summed E-state index contributed by atoms with van der Waals surface area (Å²) in [6.07, 6.45) is 10.6. The van der Waals surface area contributed by atoms with Gasteiger partial charge < -0.3 is 5.11 Å². The lowest BCUT2D eigenvalue weighted by molar-refractivity contribution is 0.135. The maximum Gasteiger partial charge on any atom is 0.0624 e. The van der Waals surface area contributed by atoms with Crippen LogP contribution >= 0.6 is 0 Å². The maximum atomic E-state index is 10.3. The summed E-state index contributed by atoms with van der Waals surface area (Å²) in [5.74, 6) is 0.733. The van der Waals surface area contributed by atoms with Crippen molar-refractivity contribution in [3.8, 4) is 0 Å². The van der Waals surface area contributed by atoms with Crippen molar-refractivity contribution in [3.05, 3.63) is 17.5 Å². The maximum absolute atomic E-state index is 10.3. The van der Waals surface area contributed by atoms with E-state index in [4.69, 9.17) is 0 Å². The SMILES string of the molecule is CCc1cc(CC(O)CC2CCCCCC2)n(C)n1. The van der Waals surface area contributed by atoms with Gasteiger partial charge in [-0.3, -0.25) is 4.68 Å². The van der Waals surface area contributed by atoms with Crippen molar-refractivity contribution in [2.75, 3.05) is 0 Å². The summed E-state index contributed by atoms with van der Waals surface area (Å²) in [7, 11) is 1.98. The third-order valence-electron chi connectivity index (χ3n) is 4.41. The topological polar surface area (TPSA) is 38.0 Å². The molecule has 0 amide bonds. The highest BCUT2D eigenvalue weighted by atomic mass is 16.3. The lowest BCUT2D eigenvalue weighted by atomic mass is 9.92. The van der Waals surface area contributed by atoms with Crippen LogP contribution in [0.25, 0.3) is 0 Å². The Morgan fingerprint density at radius 1 is 1.32 bits per heavy atom. The Kier molecular flexibility index (Phi) is 5.44. The molecule has 0 radical (unpaired) electrons. The standard InChI is InChI=1S/C16H28N2O/c1-3-14-11-15(18(2)17-14)12-16(19)10-13-8-6-4-5-7-9-13/h11,13,16,19H,3-10,12H2,1-2H3. The van der Waals surface area contributed by atoms with Crippen LogP contribution in [0.2, 0.25) is 0 Å². The van der Waals surface area contributed by atoms with Crippen molar-refractivity contribution < 1.29 is 5.11 Å². The molecule has 1 unspecified atom stereocenters. The molecule has 1 aliphatic carbocycles. The largest absolute Gasteiger partial charge is 0.393 e. The summed E-state index contributed by atoms with van der Waals surface area (Å²) in [4.78, 5) is 0. The van der Waals surface area contributed by atoms with E-state index in [1.165, 1.54) is 38.5 Å². The van der Waals surface area contributed by atoms with E-state index in [0.29, 0.717) is 0 Å². The number of aryl methyl sites for hydroxylation is 2. The first-order valence-electron chi connectivity index (χ1n) is 7.89. The first kappa shape index (κ1) is 14.6. The van der Waals surface area contributed by atoms with Crippen LogP contribution in [0.5, 0.6) is 0 Å². The zero-order valence-electron chi connectivity index (χ0n) is 12.4. The minimum atomic E-state index is -0.205. The number of aliphatic hydroxyl groups is 1. The Bertz CT molecular complexity index is 378. The molecule has 1 saturated carbocycles. The van der Waals surface area contributed by atoms with E-state index < -0.39 is 0 Å². The molecule has 3 heteroatoms. The average molecular weight is 264 g/mol. The van der Waals surface area contributed by atoms with E-state index >= 15 is 0 Å². The summed E-state index contributed by atoms with van der Waals surface area (Å²) < 4.78 is 1.93. The van der Waals surface area contributed by atoms with Crippen LogP contribution in [0.15, 0.2) is 6.07 Å². The first-order valence-corrected chi connectivity index (χ1v) is 7.89. The number of nitrogens with zero attached hydrogens (tertiary/aromatic N) is 2. The number of rotatable bonds is 5. The molecule has 1 heterocycles. The second-order valence-electron chi connectivity index (χ2n) is 6.06. The molecule has 2 rings (SSSR count). The number of aliphatic hydroxyl groups excluding tert-OH is 1. The van der Waals surface area contributed by atoms with E-state index in [0.717, 1.165) is 36.6 Å². The first-order chi connectivity index (χ1) is 9.19. The molecule has 1 atom stereocenters. The molecule has 1 aliphatic rings. The Hall–Kier alpha value is -0.830. The molecule has 1 aromatic heterocycles. The number of aromatic nitrogens is 2. The fraction of sp³-hybridized carbons (Fsp3) is 0.812. The van der Waals surface area contributed by atoms with Gasteiger partial charge in [0, 0.05) is 19.2 Å². The van der Waals surface area contributed by atoms with Gasteiger partial charge in [-0.15, -0.1) is 0 Å². The third-order valence-corrected chi connectivity index (χ3v) is 4.41. The highest BCUT2D eigenvalue weighted by Crippen LogP contribution is 2.27. The van der Waals surface area contributed by atoms with Gasteiger partial charge in [0.1, 0.15) is 0 Å². The molecule has 1 aromatic rings. The third kappa shape index (κ3) is 4.34. The molecule has 19 heavy (non-hydrogen) atoms. The van der Waals surface area contributed by atoms with Crippen molar-refractivity contribution in [2.45, 2.75) is 70.8 Å². The van der Waals surface area contributed by atoms with Crippen molar-refractivity contribution in [2.24, 2.45) is 13.0 Å². The number of hydrogen-bond donors (Lipinski definition) is 1. The van der Waals surface area contributed by atoms with Crippen LogP contribution in [-0.4, -0.2) is 21.0 Å². The van der Waals surface area contributed by atoms with Gasteiger partial charge in [-0.2, -0.15) is 5.10 Å². The lowest BCUT2D eigenvalue weighted by Gasteiger charge is -2.18. The zero-order chi connectivity index (χ0) is 13.7. The summed E-state index contributed by atoms with van der Waals surface area (Å²) in [6, 6.07) is 2.14.